The molecule has 0 aromatic carbocycles. The van der Waals surface area contributed by atoms with E-state index in [0.717, 1.165) is 96.4 Å². The van der Waals surface area contributed by atoms with Crippen LogP contribution in [0.15, 0.2) is 12.4 Å². The van der Waals surface area contributed by atoms with Crippen molar-refractivity contribution in [2.24, 2.45) is 17.6 Å². The number of ether oxygens (including phenoxy) is 3. The van der Waals surface area contributed by atoms with Gasteiger partial charge in [-0.3, -0.25) is 19.2 Å². The van der Waals surface area contributed by atoms with E-state index in [1.807, 2.05) is 6.92 Å². The Morgan fingerprint density at radius 1 is 0.500 bits per heavy atom. The lowest BCUT2D eigenvalue weighted by molar-refractivity contribution is -0.150. The van der Waals surface area contributed by atoms with Crippen LogP contribution in [0.3, 0.4) is 0 Å². The molecule has 0 saturated carbocycles. The molecule has 0 aliphatic heterocycles. The van der Waals surface area contributed by atoms with E-state index in [-0.39, 0.29) is 49.3 Å². The third kappa shape index (κ3) is 37.5. The molecule has 0 aliphatic carbocycles. The summed E-state index contributed by atoms with van der Waals surface area (Å²) < 4.78 is 16.4. The van der Waals surface area contributed by atoms with Crippen molar-refractivity contribution in [1.29, 1.82) is 0 Å². The zero-order valence-corrected chi connectivity index (χ0v) is 35.7. The van der Waals surface area contributed by atoms with Crippen LogP contribution in [0.25, 0.3) is 0 Å². The third-order valence-corrected chi connectivity index (χ3v) is 9.46. The molecule has 54 heavy (non-hydrogen) atoms. The molecule has 0 saturated heterocycles. The van der Waals surface area contributed by atoms with Crippen LogP contribution < -0.4 is 16.4 Å². The molecular formula is C44H85N3O7. The number of carbonyl (C=O) groups excluding carboxylic acids is 4. The molecule has 0 heterocycles. The van der Waals surface area contributed by atoms with E-state index in [4.69, 9.17) is 19.9 Å². The molecular weight excluding hydrogens is 682 g/mol. The van der Waals surface area contributed by atoms with Crippen molar-refractivity contribution in [3.05, 3.63) is 12.4 Å². The molecule has 0 aromatic heterocycles. The largest absolute Gasteiger partial charge is 0.465 e. The van der Waals surface area contributed by atoms with E-state index in [9.17, 15) is 19.2 Å². The second-order valence-corrected chi connectivity index (χ2v) is 14.7. The SMILES string of the molecule is C=C(N)NCC.CCCCCCCCC(CCCCCC)C(=O)OCCCCCCOC(=O)CNC(=O)CCCOC(=O)C(CCCC)CCCCCC. The fourth-order valence-electron chi connectivity index (χ4n) is 6.11. The second kappa shape index (κ2) is 41.4. The Morgan fingerprint density at radius 2 is 0.889 bits per heavy atom. The van der Waals surface area contributed by atoms with Gasteiger partial charge in [-0.2, -0.15) is 0 Å². The first-order valence-electron chi connectivity index (χ1n) is 22.1. The maximum atomic E-state index is 12.8. The molecule has 1 amide bonds. The van der Waals surface area contributed by atoms with E-state index in [1.54, 1.807) is 0 Å². The molecule has 0 radical (unpaired) electrons. The van der Waals surface area contributed by atoms with E-state index >= 15 is 0 Å². The number of rotatable bonds is 37. The number of carbonyl (C=O) groups is 4. The standard InChI is InChI=1S/C40H75NO7.C4H10N2/c1-5-9-13-16-17-22-29-36(28-21-15-11-7-3)40(45)47-32-24-19-18-23-31-46-38(43)34-41-37(42)30-25-33-48-39(44)35(26-12-8-4)27-20-14-10-6-2;1-3-6-4(2)5/h35-36H,5-34H2,1-4H3,(H,41,42);6H,2-3,5H2,1H3. The van der Waals surface area contributed by atoms with E-state index in [1.165, 1.54) is 64.2 Å². The molecule has 0 bridgehead atoms. The van der Waals surface area contributed by atoms with Crippen LogP contribution in [0.2, 0.25) is 0 Å². The summed E-state index contributed by atoms with van der Waals surface area (Å²) in [5, 5.41) is 5.38. The summed E-state index contributed by atoms with van der Waals surface area (Å²) in [6.07, 6.45) is 26.3. The average Bonchev–Trinajstić information content (AvgIpc) is 3.15. The van der Waals surface area contributed by atoms with Gasteiger partial charge in [-0.05, 0) is 64.7 Å². The molecule has 0 fully saturated rings. The summed E-state index contributed by atoms with van der Waals surface area (Å²) in [4.78, 5) is 49.4. The molecule has 2 atom stereocenters. The number of amides is 1. The molecule has 10 heteroatoms. The minimum Gasteiger partial charge on any atom is -0.465 e. The highest BCUT2D eigenvalue weighted by Gasteiger charge is 2.20. The van der Waals surface area contributed by atoms with E-state index in [0.29, 0.717) is 25.5 Å². The Morgan fingerprint density at radius 3 is 1.33 bits per heavy atom. The van der Waals surface area contributed by atoms with Crippen LogP contribution in [-0.4, -0.2) is 56.7 Å². The van der Waals surface area contributed by atoms with Crippen LogP contribution in [0.4, 0.5) is 0 Å². The van der Waals surface area contributed by atoms with Crippen LogP contribution >= 0.6 is 0 Å². The van der Waals surface area contributed by atoms with Gasteiger partial charge in [0, 0.05) is 13.0 Å². The van der Waals surface area contributed by atoms with Crippen LogP contribution in [0.5, 0.6) is 0 Å². The molecule has 0 aromatic rings. The van der Waals surface area contributed by atoms with Gasteiger partial charge in [0.25, 0.3) is 0 Å². The van der Waals surface area contributed by atoms with Crippen molar-refractivity contribution in [3.8, 4) is 0 Å². The fourth-order valence-corrected chi connectivity index (χ4v) is 6.11. The normalized spacial score (nSPS) is 11.8. The molecule has 2 unspecified atom stereocenters. The van der Waals surface area contributed by atoms with Crippen LogP contribution in [0, 0.1) is 11.8 Å². The predicted molar refractivity (Wildman–Crippen MR) is 223 cm³/mol. The van der Waals surface area contributed by atoms with Crippen molar-refractivity contribution >= 4 is 23.8 Å². The highest BCUT2D eigenvalue weighted by molar-refractivity contribution is 5.81. The van der Waals surface area contributed by atoms with Crippen molar-refractivity contribution in [1.82, 2.24) is 10.6 Å². The number of nitrogens with two attached hydrogens (primary N) is 1. The Kier molecular flexibility index (Phi) is 40.9. The van der Waals surface area contributed by atoms with Gasteiger partial charge in [0.15, 0.2) is 0 Å². The summed E-state index contributed by atoms with van der Waals surface area (Å²) in [6.45, 7) is 15.8. The maximum absolute atomic E-state index is 12.8. The lowest BCUT2D eigenvalue weighted by Crippen LogP contribution is -2.30. The number of unbranched alkanes of at least 4 members (excludes halogenated alkanes) is 15. The van der Waals surface area contributed by atoms with Gasteiger partial charge in [-0.1, -0.05) is 137 Å². The Hall–Kier alpha value is -2.78. The van der Waals surface area contributed by atoms with Gasteiger partial charge in [0.2, 0.25) is 5.91 Å². The highest BCUT2D eigenvalue weighted by Crippen LogP contribution is 2.21. The number of esters is 3. The lowest BCUT2D eigenvalue weighted by atomic mass is 9.94. The fraction of sp³-hybridized carbons (Fsp3) is 0.864. The van der Waals surface area contributed by atoms with E-state index < -0.39 is 5.97 Å². The topological polar surface area (TPSA) is 146 Å². The van der Waals surface area contributed by atoms with Crippen molar-refractivity contribution in [2.75, 3.05) is 32.9 Å². The maximum Gasteiger partial charge on any atom is 0.325 e. The Bertz CT molecular complexity index is 915. The Labute approximate surface area is 331 Å². The van der Waals surface area contributed by atoms with Crippen molar-refractivity contribution in [2.45, 2.75) is 202 Å². The van der Waals surface area contributed by atoms with Gasteiger partial charge in [0.05, 0.1) is 37.5 Å². The molecule has 0 spiro atoms. The quantitative estimate of drug-likeness (QED) is 0.0319. The zero-order chi connectivity index (χ0) is 40.5. The Balaban J connectivity index is 0. The van der Waals surface area contributed by atoms with Gasteiger partial charge in [-0.15, -0.1) is 0 Å². The minimum atomic E-state index is -0.458. The molecule has 4 N–H and O–H groups in total. The average molecular weight is 768 g/mol. The number of hydrogen-bond donors (Lipinski definition) is 3. The summed E-state index contributed by atoms with van der Waals surface area (Å²) in [6, 6.07) is 0. The molecule has 318 valence electrons. The first kappa shape index (κ1) is 53.3. The third-order valence-electron chi connectivity index (χ3n) is 9.46. The van der Waals surface area contributed by atoms with E-state index in [2.05, 4.69) is 44.9 Å². The smallest absolute Gasteiger partial charge is 0.325 e. The van der Waals surface area contributed by atoms with Crippen LogP contribution in [-0.2, 0) is 33.4 Å². The number of nitrogens with one attached hydrogen (secondary N) is 2. The van der Waals surface area contributed by atoms with Gasteiger partial charge in [-0.25, -0.2) is 0 Å². The number of hydrogen-bond acceptors (Lipinski definition) is 9. The second-order valence-electron chi connectivity index (χ2n) is 14.7. The summed E-state index contributed by atoms with van der Waals surface area (Å²) >= 11 is 0. The van der Waals surface area contributed by atoms with Gasteiger partial charge in [0.1, 0.15) is 6.54 Å². The summed E-state index contributed by atoms with van der Waals surface area (Å²) in [5.74, 6) is -0.367. The first-order chi connectivity index (χ1) is 26.2. The van der Waals surface area contributed by atoms with Gasteiger partial charge >= 0.3 is 17.9 Å². The van der Waals surface area contributed by atoms with Crippen molar-refractivity contribution in [3.63, 3.8) is 0 Å². The predicted octanol–water partition coefficient (Wildman–Crippen LogP) is 10.2. The lowest BCUT2D eigenvalue weighted by Gasteiger charge is -2.16. The highest BCUT2D eigenvalue weighted by atomic mass is 16.5. The van der Waals surface area contributed by atoms with Crippen molar-refractivity contribution < 1.29 is 33.4 Å². The zero-order valence-electron chi connectivity index (χ0n) is 35.7. The van der Waals surface area contributed by atoms with Gasteiger partial charge < -0.3 is 30.6 Å². The van der Waals surface area contributed by atoms with Crippen LogP contribution in [0.1, 0.15) is 202 Å². The molecule has 0 aliphatic rings. The summed E-state index contributed by atoms with van der Waals surface area (Å²) in [5.41, 5.74) is 5.10. The monoisotopic (exact) mass is 768 g/mol. The molecule has 10 nitrogen and oxygen atoms in total. The minimum absolute atomic E-state index is 0.0266. The summed E-state index contributed by atoms with van der Waals surface area (Å²) in [7, 11) is 0. The molecule has 0 rings (SSSR count). The first-order valence-corrected chi connectivity index (χ1v) is 22.1.